The molecule has 0 bridgehead atoms. The van der Waals surface area contributed by atoms with Gasteiger partial charge in [-0.25, -0.2) is 0 Å². The van der Waals surface area contributed by atoms with Gasteiger partial charge in [0.15, 0.2) is 0 Å². The summed E-state index contributed by atoms with van der Waals surface area (Å²) in [5.41, 5.74) is 0.314. The first-order valence-electron chi connectivity index (χ1n) is 5.16. The summed E-state index contributed by atoms with van der Waals surface area (Å²) in [6, 6.07) is 4.40. The van der Waals surface area contributed by atoms with E-state index in [4.69, 9.17) is 4.42 Å². The molecule has 0 aliphatic rings. The monoisotopic (exact) mass is 195 g/mol. The van der Waals surface area contributed by atoms with Crippen molar-refractivity contribution in [3.8, 4) is 0 Å². The molecule has 0 aliphatic carbocycles. The molecule has 0 spiro atoms. The van der Waals surface area contributed by atoms with Crippen LogP contribution in [0.1, 0.15) is 44.8 Å². The molecular weight excluding hydrogens is 174 g/mol. The second kappa shape index (κ2) is 4.18. The Kier molecular flexibility index (Phi) is 3.38. The number of hydrogen-bond donors (Lipinski definition) is 1. The minimum Gasteiger partial charge on any atom is -0.465 e. The van der Waals surface area contributed by atoms with Crippen molar-refractivity contribution in [2.75, 3.05) is 7.05 Å². The Hall–Kier alpha value is -0.760. The van der Waals surface area contributed by atoms with Crippen molar-refractivity contribution in [1.29, 1.82) is 0 Å². The standard InChI is InChI=1S/C12H21NO/c1-9-6-7-11(14-9)10(13-5)8-12(2,3)4/h6-7,10,13H,8H2,1-5H3. The summed E-state index contributed by atoms with van der Waals surface area (Å²) < 4.78 is 5.62. The molecule has 0 aliphatic heterocycles. The van der Waals surface area contributed by atoms with Gasteiger partial charge in [0, 0.05) is 0 Å². The van der Waals surface area contributed by atoms with Gasteiger partial charge in [-0.15, -0.1) is 0 Å². The van der Waals surface area contributed by atoms with Crippen molar-refractivity contribution >= 4 is 0 Å². The van der Waals surface area contributed by atoms with E-state index in [1.54, 1.807) is 0 Å². The first kappa shape index (κ1) is 11.3. The van der Waals surface area contributed by atoms with Crippen LogP contribution in [0.25, 0.3) is 0 Å². The molecule has 0 radical (unpaired) electrons. The molecule has 14 heavy (non-hydrogen) atoms. The molecule has 1 heterocycles. The Morgan fingerprint density at radius 1 is 1.36 bits per heavy atom. The second-order valence-corrected chi connectivity index (χ2v) is 5.05. The molecule has 1 unspecified atom stereocenters. The Morgan fingerprint density at radius 2 is 2.00 bits per heavy atom. The van der Waals surface area contributed by atoms with Gasteiger partial charge in [0.2, 0.25) is 0 Å². The van der Waals surface area contributed by atoms with Gasteiger partial charge in [0.25, 0.3) is 0 Å². The molecule has 1 aromatic rings. The lowest BCUT2D eigenvalue weighted by atomic mass is 9.87. The summed E-state index contributed by atoms with van der Waals surface area (Å²) in [5, 5.41) is 3.29. The van der Waals surface area contributed by atoms with E-state index in [0.717, 1.165) is 17.9 Å². The summed E-state index contributed by atoms with van der Waals surface area (Å²) >= 11 is 0. The molecule has 0 amide bonds. The molecule has 1 N–H and O–H groups in total. The highest BCUT2D eigenvalue weighted by Gasteiger charge is 2.20. The van der Waals surface area contributed by atoms with Crippen LogP contribution in [-0.4, -0.2) is 7.05 Å². The molecule has 1 aromatic heterocycles. The van der Waals surface area contributed by atoms with Gasteiger partial charge in [-0.1, -0.05) is 20.8 Å². The fourth-order valence-corrected chi connectivity index (χ4v) is 1.60. The van der Waals surface area contributed by atoms with Crippen LogP contribution in [0.4, 0.5) is 0 Å². The minimum atomic E-state index is 0.314. The van der Waals surface area contributed by atoms with Crippen LogP contribution in [0.15, 0.2) is 16.5 Å². The molecule has 2 heteroatoms. The van der Waals surface area contributed by atoms with Gasteiger partial charge in [0.1, 0.15) is 11.5 Å². The number of furan rings is 1. The van der Waals surface area contributed by atoms with Crippen molar-refractivity contribution in [3.05, 3.63) is 23.7 Å². The highest BCUT2D eigenvalue weighted by Crippen LogP contribution is 2.29. The number of aryl methyl sites for hydroxylation is 1. The van der Waals surface area contributed by atoms with Gasteiger partial charge in [-0.05, 0) is 37.9 Å². The summed E-state index contributed by atoms with van der Waals surface area (Å²) in [6.07, 6.45) is 1.08. The fraction of sp³-hybridized carbons (Fsp3) is 0.667. The van der Waals surface area contributed by atoms with E-state index >= 15 is 0 Å². The topological polar surface area (TPSA) is 25.2 Å². The summed E-state index contributed by atoms with van der Waals surface area (Å²) in [6.45, 7) is 8.71. The van der Waals surface area contributed by atoms with Gasteiger partial charge < -0.3 is 9.73 Å². The summed E-state index contributed by atoms with van der Waals surface area (Å²) in [4.78, 5) is 0. The van der Waals surface area contributed by atoms with E-state index in [1.807, 2.05) is 20.0 Å². The van der Waals surface area contributed by atoms with Crippen LogP contribution < -0.4 is 5.32 Å². The van der Waals surface area contributed by atoms with Crippen LogP contribution in [0, 0.1) is 12.3 Å². The fourth-order valence-electron chi connectivity index (χ4n) is 1.60. The quantitative estimate of drug-likeness (QED) is 0.800. The minimum absolute atomic E-state index is 0.314. The average Bonchev–Trinajstić information content (AvgIpc) is 2.46. The Morgan fingerprint density at radius 3 is 2.36 bits per heavy atom. The molecule has 1 atom stereocenters. The second-order valence-electron chi connectivity index (χ2n) is 5.05. The Bertz CT molecular complexity index is 283. The van der Waals surface area contributed by atoms with Crippen LogP contribution in [0.3, 0.4) is 0 Å². The predicted octanol–water partition coefficient (Wildman–Crippen LogP) is 3.28. The molecule has 2 nitrogen and oxygen atoms in total. The number of nitrogens with one attached hydrogen (secondary N) is 1. The van der Waals surface area contributed by atoms with E-state index in [0.29, 0.717) is 11.5 Å². The molecule has 0 aromatic carbocycles. The van der Waals surface area contributed by atoms with Crippen LogP contribution in [0.2, 0.25) is 0 Å². The largest absolute Gasteiger partial charge is 0.465 e. The van der Waals surface area contributed by atoms with Gasteiger partial charge in [-0.3, -0.25) is 0 Å². The van der Waals surface area contributed by atoms with Crippen molar-refractivity contribution in [2.24, 2.45) is 5.41 Å². The first-order chi connectivity index (χ1) is 6.42. The van der Waals surface area contributed by atoms with E-state index in [9.17, 15) is 0 Å². The van der Waals surface area contributed by atoms with Crippen LogP contribution >= 0.6 is 0 Å². The molecule has 1 rings (SSSR count). The summed E-state index contributed by atoms with van der Waals surface area (Å²) in [5.74, 6) is 2.02. The highest BCUT2D eigenvalue weighted by atomic mass is 16.3. The van der Waals surface area contributed by atoms with Gasteiger partial charge >= 0.3 is 0 Å². The smallest absolute Gasteiger partial charge is 0.121 e. The normalized spacial score (nSPS) is 14.4. The van der Waals surface area contributed by atoms with Crippen molar-refractivity contribution < 1.29 is 4.42 Å². The predicted molar refractivity (Wildman–Crippen MR) is 59.3 cm³/mol. The lowest BCUT2D eigenvalue weighted by Gasteiger charge is -2.24. The van der Waals surface area contributed by atoms with E-state index < -0.39 is 0 Å². The van der Waals surface area contributed by atoms with Crippen molar-refractivity contribution in [1.82, 2.24) is 5.32 Å². The van der Waals surface area contributed by atoms with Gasteiger partial charge in [-0.2, -0.15) is 0 Å². The van der Waals surface area contributed by atoms with E-state index in [1.165, 1.54) is 0 Å². The van der Waals surface area contributed by atoms with Crippen LogP contribution in [-0.2, 0) is 0 Å². The molecule has 0 fully saturated rings. The SMILES string of the molecule is CNC(CC(C)(C)C)c1ccc(C)o1. The third kappa shape index (κ3) is 3.18. The van der Waals surface area contributed by atoms with E-state index in [-0.39, 0.29) is 0 Å². The zero-order valence-corrected chi connectivity index (χ0v) is 9.85. The maximum Gasteiger partial charge on any atom is 0.121 e. The van der Waals surface area contributed by atoms with Crippen LogP contribution in [0.5, 0.6) is 0 Å². The Labute approximate surface area is 86.7 Å². The first-order valence-corrected chi connectivity index (χ1v) is 5.16. The molecule has 0 saturated carbocycles. The Balaban J connectivity index is 2.72. The van der Waals surface area contributed by atoms with E-state index in [2.05, 4.69) is 32.2 Å². The summed E-state index contributed by atoms with van der Waals surface area (Å²) in [7, 11) is 1.98. The zero-order chi connectivity index (χ0) is 10.8. The average molecular weight is 195 g/mol. The van der Waals surface area contributed by atoms with Crippen molar-refractivity contribution in [2.45, 2.75) is 40.2 Å². The molecular formula is C12H21NO. The third-order valence-corrected chi connectivity index (χ3v) is 2.27. The van der Waals surface area contributed by atoms with Gasteiger partial charge in [0.05, 0.1) is 6.04 Å². The highest BCUT2D eigenvalue weighted by molar-refractivity contribution is 5.10. The lowest BCUT2D eigenvalue weighted by molar-refractivity contribution is 0.290. The maximum atomic E-state index is 5.62. The maximum absolute atomic E-state index is 5.62. The van der Waals surface area contributed by atoms with Crippen molar-refractivity contribution in [3.63, 3.8) is 0 Å². The molecule has 0 saturated heterocycles. The lowest BCUT2D eigenvalue weighted by Crippen LogP contribution is -2.22. The zero-order valence-electron chi connectivity index (χ0n) is 9.85. The number of hydrogen-bond acceptors (Lipinski definition) is 2. The number of rotatable bonds is 3. The third-order valence-electron chi connectivity index (χ3n) is 2.27. The molecule has 80 valence electrons.